The second-order valence-electron chi connectivity index (χ2n) is 7.66. The zero-order valence-electron chi connectivity index (χ0n) is 14.7. The fraction of sp³-hybridized carbons (Fsp3) is 0.476. The molecule has 0 radical (unpaired) electrons. The molecule has 2 aliphatic heterocycles. The quantitative estimate of drug-likeness (QED) is 0.706. The largest absolute Gasteiger partial charge is 0.444 e. The number of carbonyl (C=O) groups excluding carboxylic acids is 1. The number of ether oxygens (including phenoxy) is 1. The minimum atomic E-state index is -0.458. The number of hydrogen-bond donors (Lipinski definition) is 0. The summed E-state index contributed by atoms with van der Waals surface area (Å²) in [6.45, 7) is 5.75. The maximum absolute atomic E-state index is 12.6. The van der Waals surface area contributed by atoms with Crippen LogP contribution in [0.4, 0.5) is 4.79 Å². The van der Waals surface area contributed by atoms with Gasteiger partial charge in [-0.05, 0) is 69.7 Å². The number of fused-ring (bicyclic) bond motifs is 2. The van der Waals surface area contributed by atoms with E-state index in [2.05, 4.69) is 24.1 Å². The lowest BCUT2D eigenvalue weighted by Crippen LogP contribution is -2.53. The number of benzene rings is 1. The first-order valence-electron chi connectivity index (χ1n) is 8.66. The van der Waals surface area contributed by atoms with Crippen LogP contribution in [0.3, 0.4) is 0 Å². The Hall–Kier alpha value is -2.21. The second kappa shape index (κ2) is 6.36. The Morgan fingerprint density at radius 3 is 2.54 bits per heavy atom. The SMILES string of the molecule is C#Cc1ccc(C2=CC3CCCC(C2)N3C(=O)OC(C)(C)C)cc1. The molecule has 2 bridgehead atoms. The average molecular weight is 323 g/mol. The first-order valence-corrected chi connectivity index (χ1v) is 8.66. The predicted molar refractivity (Wildman–Crippen MR) is 96.5 cm³/mol. The highest BCUT2D eigenvalue weighted by atomic mass is 16.6. The van der Waals surface area contributed by atoms with Crippen molar-refractivity contribution in [2.45, 2.75) is 64.1 Å². The lowest BCUT2D eigenvalue weighted by atomic mass is 9.83. The van der Waals surface area contributed by atoms with E-state index in [1.807, 2.05) is 37.8 Å². The number of nitrogens with zero attached hydrogens (tertiary/aromatic N) is 1. The molecular weight excluding hydrogens is 298 g/mol. The van der Waals surface area contributed by atoms with E-state index in [-0.39, 0.29) is 18.2 Å². The van der Waals surface area contributed by atoms with Crippen LogP contribution in [0.25, 0.3) is 5.57 Å². The molecule has 1 amide bonds. The van der Waals surface area contributed by atoms with Gasteiger partial charge in [-0.3, -0.25) is 4.90 Å². The number of rotatable bonds is 1. The summed E-state index contributed by atoms with van der Waals surface area (Å²) in [7, 11) is 0. The van der Waals surface area contributed by atoms with Gasteiger partial charge >= 0.3 is 6.09 Å². The van der Waals surface area contributed by atoms with Gasteiger partial charge in [-0.2, -0.15) is 0 Å². The van der Waals surface area contributed by atoms with Crippen molar-refractivity contribution in [2.75, 3.05) is 0 Å². The lowest BCUT2D eigenvalue weighted by Gasteiger charge is -2.45. The molecule has 1 aromatic rings. The maximum Gasteiger partial charge on any atom is 0.411 e. The highest BCUT2D eigenvalue weighted by Crippen LogP contribution is 2.37. The van der Waals surface area contributed by atoms with Crippen LogP contribution in [0.2, 0.25) is 0 Å². The molecule has 126 valence electrons. The number of carbonyl (C=O) groups is 1. The maximum atomic E-state index is 12.6. The first-order chi connectivity index (χ1) is 11.4. The summed E-state index contributed by atoms with van der Waals surface area (Å²) in [5.74, 6) is 2.65. The van der Waals surface area contributed by atoms with Gasteiger partial charge in [0.15, 0.2) is 0 Å². The van der Waals surface area contributed by atoms with Crippen molar-refractivity contribution >= 4 is 11.7 Å². The van der Waals surface area contributed by atoms with Crippen molar-refractivity contribution in [3.63, 3.8) is 0 Å². The summed E-state index contributed by atoms with van der Waals surface area (Å²) in [6.07, 6.45) is 11.6. The smallest absolute Gasteiger partial charge is 0.411 e. The van der Waals surface area contributed by atoms with Gasteiger partial charge in [-0.25, -0.2) is 4.79 Å². The Morgan fingerprint density at radius 1 is 1.25 bits per heavy atom. The van der Waals surface area contributed by atoms with E-state index < -0.39 is 5.60 Å². The minimum absolute atomic E-state index is 0.134. The third-order valence-electron chi connectivity index (χ3n) is 4.66. The Bertz CT molecular complexity index is 688. The van der Waals surface area contributed by atoms with Gasteiger partial charge in [0, 0.05) is 11.6 Å². The van der Waals surface area contributed by atoms with E-state index >= 15 is 0 Å². The number of amides is 1. The van der Waals surface area contributed by atoms with Gasteiger partial charge in [0.1, 0.15) is 5.60 Å². The number of hydrogen-bond acceptors (Lipinski definition) is 2. The summed E-state index contributed by atoms with van der Waals surface area (Å²) < 4.78 is 5.62. The summed E-state index contributed by atoms with van der Waals surface area (Å²) in [6, 6.07) is 8.48. The molecule has 1 fully saturated rings. The van der Waals surface area contributed by atoms with Crippen LogP contribution in [0, 0.1) is 12.3 Å². The van der Waals surface area contributed by atoms with Crippen LogP contribution >= 0.6 is 0 Å². The van der Waals surface area contributed by atoms with Crippen molar-refractivity contribution in [2.24, 2.45) is 0 Å². The van der Waals surface area contributed by atoms with Crippen LogP contribution in [0.1, 0.15) is 57.6 Å². The molecule has 0 N–H and O–H groups in total. The van der Waals surface area contributed by atoms with Crippen LogP contribution in [0.5, 0.6) is 0 Å². The van der Waals surface area contributed by atoms with Crippen LogP contribution in [-0.2, 0) is 4.74 Å². The molecule has 3 nitrogen and oxygen atoms in total. The zero-order chi connectivity index (χ0) is 17.3. The third kappa shape index (κ3) is 3.48. The van der Waals surface area contributed by atoms with Gasteiger partial charge < -0.3 is 4.74 Å². The van der Waals surface area contributed by atoms with Crippen LogP contribution in [-0.4, -0.2) is 28.7 Å². The number of terminal acetylenes is 1. The Morgan fingerprint density at radius 2 is 1.96 bits per heavy atom. The van der Waals surface area contributed by atoms with Crippen molar-refractivity contribution in [1.29, 1.82) is 0 Å². The first kappa shape index (κ1) is 16.6. The van der Waals surface area contributed by atoms with E-state index in [0.29, 0.717) is 0 Å². The second-order valence-corrected chi connectivity index (χ2v) is 7.66. The monoisotopic (exact) mass is 323 g/mol. The van der Waals surface area contributed by atoms with Gasteiger partial charge in [0.05, 0.1) is 6.04 Å². The van der Waals surface area contributed by atoms with E-state index in [1.54, 1.807) is 0 Å². The Kier molecular flexibility index (Phi) is 4.41. The fourth-order valence-electron chi connectivity index (χ4n) is 3.62. The summed E-state index contributed by atoms with van der Waals surface area (Å²) in [5, 5.41) is 0. The standard InChI is InChI=1S/C21H25NO2/c1-5-15-9-11-16(12-10-15)17-13-18-7-6-8-19(14-17)22(18)20(23)24-21(2,3)4/h1,9-13,18-19H,6-8,14H2,2-4H3. The van der Waals surface area contributed by atoms with Gasteiger partial charge in [-0.15, -0.1) is 6.42 Å². The normalized spacial score (nSPS) is 23.2. The molecule has 3 heteroatoms. The molecule has 2 aliphatic rings. The minimum Gasteiger partial charge on any atom is -0.444 e. The van der Waals surface area contributed by atoms with Crippen molar-refractivity contribution in [3.05, 3.63) is 41.5 Å². The molecule has 1 aromatic carbocycles. The van der Waals surface area contributed by atoms with E-state index in [9.17, 15) is 4.79 Å². The predicted octanol–water partition coefficient (Wildman–Crippen LogP) is 4.61. The molecule has 2 unspecified atom stereocenters. The summed E-state index contributed by atoms with van der Waals surface area (Å²) in [5.41, 5.74) is 2.95. The van der Waals surface area contributed by atoms with E-state index in [4.69, 9.17) is 11.2 Å². The lowest BCUT2D eigenvalue weighted by molar-refractivity contribution is 0.0000863. The molecule has 1 saturated heterocycles. The highest BCUT2D eigenvalue weighted by Gasteiger charge is 2.39. The summed E-state index contributed by atoms with van der Waals surface area (Å²) >= 11 is 0. The molecular formula is C21H25NO2. The summed E-state index contributed by atoms with van der Waals surface area (Å²) in [4.78, 5) is 14.6. The van der Waals surface area contributed by atoms with Crippen molar-refractivity contribution < 1.29 is 9.53 Å². The molecule has 24 heavy (non-hydrogen) atoms. The van der Waals surface area contributed by atoms with Crippen LogP contribution in [0.15, 0.2) is 30.3 Å². The van der Waals surface area contributed by atoms with Gasteiger partial charge in [0.2, 0.25) is 0 Å². The zero-order valence-corrected chi connectivity index (χ0v) is 14.7. The number of piperidine rings is 1. The van der Waals surface area contributed by atoms with Crippen LogP contribution < -0.4 is 0 Å². The van der Waals surface area contributed by atoms with Gasteiger partial charge in [0.25, 0.3) is 0 Å². The topological polar surface area (TPSA) is 29.5 Å². The molecule has 2 atom stereocenters. The molecule has 0 aliphatic carbocycles. The molecule has 0 aromatic heterocycles. The molecule has 3 rings (SSSR count). The van der Waals surface area contributed by atoms with Gasteiger partial charge in [-0.1, -0.05) is 24.1 Å². The van der Waals surface area contributed by atoms with E-state index in [1.165, 1.54) is 11.1 Å². The Balaban J connectivity index is 1.84. The average Bonchev–Trinajstić information content (AvgIpc) is 2.52. The third-order valence-corrected chi connectivity index (χ3v) is 4.66. The van der Waals surface area contributed by atoms with Crippen molar-refractivity contribution in [1.82, 2.24) is 4.90 Å². The van der Waals surface area contributed by atoms with E-state index in [0.717, 1.165) is 31.2 Å². The highest BCUT2D eigenvalue weighted by molar-refractivity contribution is 5.75. The molecule has 0 saturated carbocycles. The Labute approximate surface area is 144 Å². The molecule has 2 heterocycles. The molecule has 0 spiro atoms. The fourth-order valence-corrected chi connectivity index (χ4v) is 3.62. The van der Waals surface area contributed by atoms with Crippen molar-refractivity contribution in [3.8, 4) is 12.3 Å².